The Labute approximate surface area is 80.1 Å². The highest BCUT2D eigenvalue weighted by Gasteiger charge is 2.15. The number of carbonyl (C=O) groups excluding carboxylic acids is 1. The van der Waals surface area contributed by atoms with Gasteiger partial charge in [0.05, 0.1) is 0 Å². The Balaban J connectivity index is 2.13. The summed E-state index contributed by atoms with van der Waals surface area (Å²) in [6.45, 7) is 4.86. The minimum absolute atomic E-state index is 0.160. The molecule has 0 spiro atoms. The van der Waals surface area contributed by atoms with Crippen LogP contribution in [0.4, 0.5) is 0 Å². The normalized spacial score (nSPS) is 17.5. The SMILES string of the molecule is CCCOCC(=O)N1CCCCC1. The molecule has 3 nitrogen and oxygen atoms in total. The zero-order valence-electron chi connectivity index (χ0n) is 8.42. The van der Waals surface area contributed by atoms with Crippen LogP contribution in [0.15, 0.2) is 0 Å². The third-order valence-corrected chi connectivity index (χ3v) is 2.28. The van der Waals surface area contributed by atoms with Gasteiger partial charge in [0.1, 0.15) is 6.61 Å². The minimum Gasteiger partial charge on any atom is -0.372 e. The lowest BCUT2D eigenvalue weighted by Crippen LogP contribution is -2.38. The Morgan fingerprint density at radius 2 is 2.00 bits per heavy atom. The van der Waals surface area contributed by atoms with E-state index in [1.165, 1.54) is 6.42 Å². The van der Waals surface area contributed by atoms with Crippen molar-refractivity contribution in [3.8, 4) is 0 Å². The van der Waals surface area contributed by atoms with Gasteiger partial charge in [-0.15, -0.1) is 0 Å². The van der Waals surface area contributed by atoms with Gasteiger partial charge in [0, 0.05) is 19.7 Å². The lowest BCUT2D eigenvalue weighted by atomic mass is 10.1. The first-order chi connectivity index (χ1) is 6.34. The van der Waals surface area contributed by atoms with Gasteiger partial charge in [-0.25, -0.2) is 0 Å². The number of rotatable bonds is 4. The zero-order chi connectivity index (χ0) is 9.52. The lowest BCUT2D eigenvalue weighted by Gasteiger charge is -2.26. The maximum Gasteiger partial charge on any atom is 0.248 e. The van der Waals surface area contributed by atoms with E-state index in [0.29, 0.717) is 6.61 Å². The van der Waals surface area contributed by atoms with Crippen LogP contribution in [0.25, 0.3) is 0 Å². The summed E-state index contributed by atoms with van der Waals surface area (Å²) >= 11 is 0. The molecule has 0 bridgehead atoms. The number of hydrogen-bond acceptors (Lipinski definition) is 2. The second-order valence-electron chi connectivity index (χ2n) is 3.49. The van der Waals surface area contributed by atoms with Crippen LogP contribution >= 0.6 is 0 Å². The molecule has 0 aromatic rings. The highest BCUT2D eigenvalue weighted by atomic mass is 16.5. The van der Waals surface area contributed by atoms with Gasteiger partial charge < -0.3 is 9.64 Å². The van der Waals surface area contributed by atoms with E-state index >= 15 is 0 Å². The summed E-state index contributed by atoms with van der Waals surface area (Å²) in [4.78, 5) is 13.4. The molecule has 0 aliphatic carbocycles. The van der Waals surface area contributed by atoms with Crippen molar-refractivity contribution in [2.75, 3.05) is 26.3 Å². The highest BCUT2D eigenvalue weighted by Crippen LogP contribution is 2.08. The van der Waals surface area contributed by atoms with Crippen LogP contribution in [0.3, 0.4) is 0 Å². The second kappa shape index (κ2) is 5.97. The largest absolute Gasteiger partial charge is 0.372 e. The first-order valence-corrected chi connectivity index (χ1v) is 5.20. The molecular formula is C10H19NO2. The molecule has 1 heterocycles. The summed E-state index contributed by atoms with van der Waals surface area (Å²) in [7, 11) is 0. The topological polar surface area (TPSA) is 29.5 Å². The first kappa shape index (κ1) is 10.5. The van der Waals surface area contributed by atoms with Crippen molar-refractivity contribution in [1.29, 1.82) is 0 Å². The molecule has 1 aliphatic heterocycles. The van der Waals surface area contributed by atoms with Crippen LogP contribution in [0.1, 0.15) is 32.6 Å². The molecule has 1 rings (SSSR count). The van der Waals surface area contributed by atoms with Gasteiger partial charge in [-0.05, 0) is 25.7 Å². The van der Waals surface area contributed by atoms with E-state index in [4.69, 9.17) is 4.74 Å². The van der Waals surface area contributed by atoms with Gasteiger partial charge >= 0.3 is 0 Å². The molecule has 1 amide bonds. The predicted octanol–water partition coefficient (Wildman–Crippen LogP) is 1.43. The molecule has 0 unspecified atom stereocenters. The minimum atomic E-state index is 0.160. The molecule has 76 valence electrons. The summed E-state index contributed by atoms with van der Waals surface area (Å²) in [5, 5.41) is 0. The van der Waals surface area contributed by atoms with Crippen LogP contribution in [0.5, 0.6) is 0 Å². The van der Waals surface area contributed by atoms with Gasteiger partial charge in [-0.1, -0.05) is 6.92 Å². The van der Waals surface area contributed by atoms with Crippen molar-refractivity contribution in [2.24, 2.45) is 0 Å². The fraction of sp³-hybridized carbons (Fsp3) is 0.900. The molecular weight excluding hydrogens is 166 g/mol. The van der Waals surface area contributed by atoms with E-state index in [-0.39, 0.29) is 12.5 Å². The molecule has 1 saturated heterocycles. The van der Waals surface area contributed by atoms with Crippen LogP contribution < -0.4 is 0 Å². The van der Waals surface area contributed by atoms with E-state index in [1.54, 1.807) is 0 Å². The molecule has 0 atom stereocenters. The number of nitrogens with zero attached hydrogens (tertiary/aromatic N) is 1. The highest BCUT2D eigenvalue weighted by molar-refractivity contribution is 5.77. The van der Waals surface area contributed by atoms with Crippen molar-refractivity contribution in [1.82, 2.24) is 4.90 Å². The van der Waals surface area contributed by atoms with Crippen LogP contribution in [0, 0.1) is 0 Å². The van der Waals surface area contributed by atoms with Gasteiger partial charge in [0.15, 0.2) is 0 Å². The van der Waals surface area contributed by atoms with Crippen molar-refractivity contribution in [3.63, 3.8) is 0 Å². The maximum atomic E-state index is 11.5. The summed E-state index contributed by atoms with van der Waals surface area (Å²) < 4.78 is 5.21. The first-order valence-electron chi connectivity index (χ1n) is 5.20. The van der Waals surface area contributed by atoms with E-state index in [2.05, 4.69) is 0 Å². The summed E-state index contributed by atoms with van der Waals surface area (Å²) in [6.07, 6.45) is 4.55. The number of carbonyl (C=O) groups is 1. The molecule has 13 heavy (non-hydrogen) atoms. The average molecular weight is 185 g/mol. The Bertz CT molecular complexity index is 153. The molecule has 1 aliphatic rings. The molecule has 1 fully saturated rings. The molecule has 0 saturated carbocycles. The lowest BCUT2D eigenvalue weighted by molar-refractivity contribution is -0.137. The second-order valence-corrected chi connectivity index (χ2v) is 3.49. The number of likely N-dealkylation sites (tertiary alicyclic amines) is 1. The van der Waals surface area contributed by atoms with Crippen molar-refractivity contribution in [2.45, 2.75) is 32.6 Å². The van der Waals surface area contributed by atoms with Crippen LogP contribution in [-0.2, 0) is 9.53 Å². The number of amides is 1. The van der Waals surface area contributed by atoms with Gasteiger partial charge in [-0.2, -0.15) is 0 Å². The zero-order valence-corrected chi connectivity index (χ0v) is 8.42. The van der Waals surface area contributed by atoms with E-state index in [0.717, 1.165) is 32.4 Å². The number of ether oxygens (including phenoxy) is 1. The Kier molecular flexibility index (Phi) is 4.83. The molecule has 3 heteroatoms. The number of hydrogen-bond donors (Lipinski definition) is 0. The Hall–Kier alpha value is -0.570. The van der Waals surface area contributed by atoms with E-state index < -0.39 is 0 Å². The molecule has 0 aromatic carbocycles. The summed E-state index contributed by atoms with van der Waals surface area (Å²) in [5.41, 5.74) is 0. The van der Waals surface area contributed by atoms with E-state index in [9.17, 15) is 4.79 Å². The van der Waals surface area contributed by atoms with E-state index in [1.807, 2.05) is 11.8 Å². The quantitative estimate of drug-likeness (QED) is 0.620. The average Bonchev–Trinajstić information content (AvgIpc) is 2.19. The predicted molar refractivity (Wildman–Crippen MR) is 51.5 cm³/mol. The fourth-order valence-electron chi connectivity index (χ4n) is 1.54. The summed E-state index contributed by atoms with van der Waals surface area (Å²) in [5.74, 6) is 0.160. The third kappa shape index (κ3) is 3.77. The van der Waals surface area contributed by atoms with Gasteiger partial charge in [0.25, 0.3) is 0 Å². The monoisotopic (exact) mass is 185 g/mol. The summed E-state index contributed by atoms with van der Waals surface area (Å²) in [6, 6.07) is 0. The Morgan fingerprint density at radius 1 is 1.31 bits per heavy atom. The molecule has 0 aromatic heterocycles. The van der Waals surface area contributed by atoms with Crippen LogP contribution in [-0.4, -0.2) is 37.1 Å². The van der Waals surface area contributed by atoms with Gasteiger partial charge in [-0.3, -0.25) is 4.79 Å². The van der Waals surface area contributed by atoms with Gasteiger partial charge in [0.2, 0.25) is 5.91 Å². The number of piperidine rings is 1. The standard InChI is InChI=1S/C10H19NO2/c1-2-8-13-9-10(12)11-6-4-3-5-7-11/h2-9H2,1H3. The van der Waals surface area contributed by atoms with Crippen molar-refractivity contribution >= 4 is 5.91 Å². The fourth-order valence-corrected chi connectivity index (χ4v) is 1.54. The Morgan fingerprint density at radius 3 is 2.62 bits per heavy atom. The third-order valence-electron chi connectivity index (χ3n) is 2.28. The van der Waals surface area contributed by atoms with Crippen LogP contribution in [0.2, 0.25) is 0 Å². The molecule has 0 N–H and O–H groups in total. The smallest absolute Gasteiger partial charge is 0.248 e. The molecule has 0 radical (unpaired) electrons. The van der Waals surface area contributed by atoms with Crippen molar-refractivity contribution < 1.29 is 9.53 Å². The maximum absolute atomic E-state index is 11.5. The van der Waals surface area contributed by atoms with Crippen molar-refractivity contribution in [3.05, 3.63) is 0 Å².